The summed E-state index contributed by atoms with van der Waals surface area (Å²) in [7, 11) is 1.53. The molecule has 0 radical (unpaired) electrons. The lowest BCUT2D eigenvalue weighted by atomic mass is 9.99. The molecule has 1 unspecified atom stereocenters. The summed E-state index contributed by atoms with van der Waals surface area (Å²) in [6.07, 6.45) is 0. The number of hydrogen-bond acceptors (Lipinski definition) is 2. The van der Waals surface area contributed by atoms with E-state index in [4.69, 9.17) is 45.3 Å². The largest absolute Gasteiger partial charge is 0.495 e. The normalized spacial score (nSPS) is 12.3. The third-order valence-electron chi connectivity index (χ3n) is 2.85. The van der Waals surface area contributed by atoms with E-state index in [2.05, 4.69) is 15.9 Å². The van der Waals surface area contributed by atoms with Crippen LogP contribution in [0.25, 0.3) is 0 Å². The second-order valence-corrected chi connectivity index (χ2v) is 6.36. The van der Waals surface area contributed by atoms with Crippen LogP contribution in [-0.2, 0) is 0 Å². The molecule has 0 aromatic heterocycles. The summed E-state index contributed by atoms with van der Waals surface area (Å²) in [5, 5.41) is 1.55. The Bertz CT molecular complexity index is 628. The van der Waals surface area contributed by atoms with Gasteiger partial charge in [0, 0.05) is 20.6 Å². The first-order chi connectivity index (χ1) is 9.42. The van der Waals surface area contributed by atoms with Gasteiger partial charge in [0.25, 0.3) is 0 Å². The van der Waals surface area contributed by atoms with Crippen molar-refractivity contribution in [3.63, 3.8) is 0 Å². The SMILES string of the molecule is COc1cc(Cl)c(C(N)c2cc(Cl)cc(Br)c2)cc1Cl. The summed E-state index contributed by atoms with van der Waals surface area (Å²) in [4.78, 5) is 0. The molecule has 0 aliphatic rings. The number of hydrogen-bond donors (Lipinski definition) is 1. The Kier molecular flexibility index (Phi) is 5.21. The maximum absolute atomic E-state index is 6.25. The molecule has 2 aromatic rings. The Morgan fingerprint density at radius 3 is 2.35 bits per heavy atom. The molecule has 0 saturated carbocycles. The van der Waals surface area contributed by atoms with Crippen LogP contribution >= 0.6 is 50.7 Å². The molecule has 0 spiro atoms. The molecule has 106 valence electrons. The summed E-state index contributed by atoms with van der Waals surface area (Å²) >= 11 is 21.8. The van der Waals surface area contributed by atoms with Crippen molar-refractivity contribution in [1.82, 2.24) is 0 Å². The van der Waals surface area contributed by atoms with E-state index in [0.717, 1.165) is 10.0 Å². The maximum atomic E-state index is 6.25. The Balaban J connectivity index is 2.47. The number of rotatable bonds is 3. The molecular weight excluding hydrogens is 384 g/mol. The van der Waals surface area contributed by atoms with Crippen molar-refractivity contribution in [1.29, 1.82) is 0 Å². The zero-order chi connectivity index (χ0) is 14.9. The number of halogens is 4. The number of nitrogens with two attached hydrogens (primary N) is 1. The van der Waals surface area contributed by atoms with Crippen LogP contribution < -0.4 is 10.5 Å². The van der Waals surface area contributed by atoms with Gasteiger partial charge in [0.15, 0.2) is 0 Å². The Morgan fingerprint density at radius 1 is 1.05 bits per heavy atom. The molecule has 20 heavy (non-hydrogen) atoms. The van der Waals surface area contributed by atoms with E-state index in [1.165, 1.54) is 7.11 Å². The van der Waals surface area contributed by atoms with E-state index >= 15 is 0 Å². The van der Waals surface area contributed by atoms with Crippen molar-refractivity contribution in [3.05, 3.63) is 61.0 Å². The molecular formula is C14H11BrCl3NO. The third kappa shape index (κ3) is 3.41. The van der Waals surface area contributed by atoms with Gasteiger partial charge in [0.05, 0.1) is 18.2 Å². The van der Waals surface area contributed by atoms with Crippen LogP contribution in [0, 0.1) is 0 Å². The fourth-order valence-electron chi connectivity index (χ4n) is 1.87. The molecule has 0 aliphatic heterocycles. The zero-order valence-electron chi connectivity index (χ0n) is 10.5. The van der Waals surface area contributed by atoms with E-state index in [1.807, 2.05) is 6.07 Å². The number of ether oxygens (including phenoxy) is 1. The van der Waals surface area contributed by atoms with Crippen molar-refractivity contribution in [3.8, 4) is 5.75 Å². The van der Waals surface area contributed by atoms with E-state index < -0.39 is 6.04 Å². The highest BCUT2D eigenvalue weighted by Gasteiger charge is 2.16. The van der Waals surface area contributed by atoms with Crippen LogP contribution in [0.3, 0.4) is 0 Å². The summed E-state index contributed by atoms with van der Waals surface area (Å²) in [6, 6.07) is 8.42. The topological polar surface area (TPSA) is 35.2 Å². The van der Waals surface area contributed by atoms with Gasteiger partial charge in [-0.1, -0.05) is 50.7 Å². The molecule has 0 aliphatic carbocycles. The molecule has 6 heteroatoms. The van der Waals surface area contributed by atoms with Gasteiger partial charge < -0.3 is 10.5 Å². The third-order valence-corrected chi connectivity index (χ3v) is 4.15. The van der Waals surface area contributed by atoms with Crippen LogP contribution in [0.2, 0.25) is 15.1 Å². The first kappa shape index (κ1) is 15.9. The summed E-state index contributed by atoms with van der Waals surface area (Å²) in [5.74, 6) is 0.514. The maximum Gasteiger partial charge on any atom is 0.138 e. The zero-order valence-corrected chi connectivity index (χ0v) is 14.3. The van der Waals surface area contributed by atoms with Gasteiger partial charge in [-0.2, -0.15) is 0 Å². The van der Waals surface area contributed by atoms with Gasteiger partial charge in [-0.15, -0.1) is 0 Å². The van der Waals surface area contributed by atoms with Gasteiger partial charge in [-0.3, -0.25) is 0 Å². The molecule has 2 aromatic carbocycles. The van der Waals surface area contributed by atoms with E-state index in [1.54, 1.807) is 24.3 Å². The summed E-state index contributed by atoms with van der Waals surface area (Å²) < 4.78 is 5.97. The molecule has 0 bridgehead atoms. The highest BCUT2D eigenvalue weighted by atomic mass is 79.9. The summed E-state index contributed by atoms with van der Waals surface area (Å²) in [5.41, 5.74) is 7.81. The van der Waals surface area contributed by atoms with Crippen molar-refractivity contribution < 1.29 is 4.74 Å². The lowest BCUT2D eigenvalue weighted by Crippen LogP contribution is -2.12. The lowest BCUT2D eigenvalue weighted by Gasteiger charge is -2.16. The second kappa shape index (κ2) is 6.54. The lowest BCUT2D eigenvalue weighted by molar-refractivity contribution is 0.415. The fraction of sp³-hybridized carbons (Fsp3) is 0.143. The molecule has 1 atom stereocenters. The number of methoxy groups -OCH3 is 1. The highest BCUT2D eigenvalue weighted by Crippen LogP contribution is 2.36. The van der Waals surface area contributed by atoms with Crippen molar-refractivity contribution in [2.24, 2.45) is 5.73 Å². The van der Waals surface area contributed by atoms with Gasteiger partial charge in [0.2, 0.25) is 0 Å². The Morgan fingerprint density at radius 2 is 1.75 bits per heavy atom. The average molecular weight is 396 g/mol. The van der Waals surface area contributed by atoms with Crippen LogP contribution in [0.5, 0.6) is 5.75 Å². The smallest absolute Gasteiger partial charge is 0.138 e. The molecule has 0 saturated heterocycles. The van der Waals surface area contributed by atoms with E-state index in [-0.39, 0.29) is 0 Å². The van der Waals surface area contributed by atoms with Crippen molar-refractivity contribution in [2.45, 2.75) is 6.04 Å². The van der Waals surface area contributed by atoms with Gasteiger partial charge >= 0.3 is 0 Å². The molecule has 0 heterocycles. The van der Waals surface area contributed by atoms with Crippen LogP contribution in [0.15, 0.2) is 34.8 Å². The monoisotopic (exact) mass is 393 g/mol. The quantitative estimate of drug-likeness (QED) is 0.748. The highest BCUT2D eigenvalue weighted by molar-refractivity contribution is 9.10. The van der Waals surface area contributed by atoms with Crippen LogP contribution in [0.4, 0.5) is 0 Å². The van der Waals surface area contributed by atoms with E-state index in [0.29, 0.717) is 26.4 Å². The van der Waals surface area contributed by atoms with Gasteiger partial charge in [-0.05, 0) is 35.4 Å². The molecule has 0 amide bonds. The minimum absolute atomic E-state index is 0.430. The molecule has 2 nitrogen and oxygen atoms in total. The van der Waals surface area contributed by atoms with Crippen molar-refractivity contribution in [2.75, 3.05) is 7.11 Å². The standard InChI is InChI=1S/C14H11BrCl3NO/c1-20-13-6-11(17)10(5-12(13)18)14(19)7-2-8(15)4-9(16)3-7/h2-6,14H,19H2,1H3. The minimum atomic E-state index is -0.430. The molecule has 2 rings (SSSR count). The van der Waals surface area contributed by atoms with Crippen molar-refractivity contribution >= 4 is 50.7 Å². The van der Waals surface area contributed by atoms with Crippen LogP contribution in [0.1, 0.15) is 17.2 Å². The summed E-state index contributed by atoms with van der Waals surface area (Å²) in [6.45, 7) is 0. The van der Waals surface area contributed by atoms with Gasteiger partial charge in [0.1, 0.15) is 5.75 Å². The predicted octanol–water partition coefficient (Wildman–Crippen LogP) is 5.47. The Labute approximate surface area is 140 Å². The molecule has 0 fully saturated rings. The first-order valence-electron chi connectivity index (χ1n) is 5.67. The van der Waals surface area contributed by atoms with E-state index in [9.17, 15) is 0 Å². The number of benzene rings is 2. The average Bonchev–Trinajstić information content (AvgIpc) is 2.39. The van der Waals surface area contributed by atoms with Gasteiger partial charge in [-0.25, -0.2) is 0 Å². The first-order valence-corrected chi connectivity index (χ1v) is 7.59. The second-order valence-electron chi connectivity index (χ2n) is 4.19. The Hall–Kier alpha value is -0.450. The predicted molar refractivity (Wildman–Crippen MR) is 88.2 cm³/mol. The van der Waals surface area contributed by atoms with Crippen LogP contribution in [-0.4, -0.2) is 7.11 Å². The minimum Gasteiger partial charge on any atom is -0.495 e. The fourth-order valence-corrected chi connectivity index (χ4v) is 3.28. The molecule has 2 N–H and O–H groups in total.